The number of ether oxygens (including phenoxy) is 1. The van der Waals surface area contributed by atoms with Crippen LogP contribution in [0.2, 0.25) is 0 Å². The fourth-order valence-corrected chi connectivity index (χ4v) is 1.89. The molecule has 0 aliphatic rings. The smallest absolute Gasteiger partial charge is 0.256 e. The third-order valence-corrected chi connectivity index (χ3v) is 3.18. The van der Waals surface area contributed by atoms with E-state index in [4.69, 9.17) is 4.74 Å². The van der Waals surface area contributed by atoms with Crippen LogP contribution in [0.1, 0.15) is 31.9 Å². The Balaban J connectivity index is 2.13. The summed E-state index contributed by atoms with van der Waals surface area (Å²) < 4.78 is 19.9. The van der Waals surface area contributed by atoms with Gasteiger partial charge in [0.25, 0.3) is 5.88 Å². The topological polar surface area (TPSA) is 34.1 Å². The predicted molar refractivity (Wildman–Crippen MR) is 82.1 cm³/mol. The largest absolute Gasteiger partial charge is 0.436 e. The van der Waals surface area contributed by atoms with Crippen molar-refractivity contribution in [1.82, 2.24) is 10.3 Å². The Morgan fingerprint density at radius 1 is 1.19 bits per heavy atom. The normalized spacial score (nSPS) is 10.9. The number of benzene rings is 1. The van der Waals surface area contributed by atoms with E-state index < -0.39 is 5.82 Å². The number of nitrogens with one attached hydrogen (secondary N) is 1. The lowest BCUT2D eigenvalue weighted by Crippen LogP contribution is -2.22. The van der Waals surface area contributed by atoms with E-state index in [0.717, 1.165) is 6.42 Å². The van der Waals surface area contributed by atoms with Crippen LogP contribution in [0.5, 0.6) is 11.6 Å². The molecule has 0 bridgehead atoms. The molecule has 21 heavy (non-hydrogen) atoms. The number of pyridine rings is 1. The van der Waals surface area contributed by atoms with Crippen molar-refractivity contribution >= 4 is 0 Å². The molecule has 0 amide bonds. The first kappa shape index (κ1) is 15.4. The molecule has 2 rings (SSSR count). The summed E-state index contributed by atoms with van der Waals surface area (Å²) in [5.74, 6) is 0.195. The number of rotatable bonds is 6. The van der Waals surface area contributed by atoms with Crippen molar-refractivity contribution in [3.05, 3.63) is 53.5 Å². The minimum atomic E-state index is -0.412. The Labute approximate surface area is 125 Å². The second-order valence-electron chi connectivity index (χ2n) is 5.22. The van der Waals surface area contributed by atoms with Gasteiger partial charge in [-0.15, -0.1) is 0 Å². The summed E-state index contributed by atoms with van der Waals surface area (Å²) in [7, 11) is 0. The molecule has 112 valence electrons. The third-order valence-electron chi connectivity index (χ3n) is 3.18. The van der Waals surface area contributed by atoms with Crippen molar-refractivity contribution in [2.75, 3.05) is 0 Å². The van der Waals surface area contributed by atoms with E-state index in [1.165, 1.54) is 5.56 Å². The molecule has 0 unspecified atom stereocenters. The Kier molecular flexibility index (Phi) is 5.28. The van der Waals surface area contributed by atoms with Gasteiger partial charge in [0.15, 0.2) is 5.82 Å². The lowest BCUT2D eigenvalue weighted by molar-refractivity contribution is 0.416. The highest BCUT2D eigenvalue weighted by molar-refractivity contribution is 5.32. The summed E-state index contributed by atoms with van der Waals surface area (Å²) in [5.41, 5.74) is 1.77. The number of aryl methyl sites for hydroxylation is 1. The maximum Gasteiger partial charge on any atom is 0.256 e. The van der Waals surface area contributed by atoms with Gasteiger partial charge < -0.3 is 10.1 Å². The lowest BCUT2D eigenvalue weighted by atomic mass is 10.2. The van der Waals surface area contributed by atoms with Crippen LogP contribution in [0.4, 0.5) is 4.39 Å². The first-order valence-electron chi connectivity index (χ1n) is 7.23. The zero-order chi connectivity index (χ0) is 15.2. The number of nitrogens with zero attached hydrogens (tertiary/aromatic N) is 1. The first-order valence-corrected chi connectivity index (χ1v) is 7.23. The molecule has 0 fully saturated rings. The van der Waals surface area contributed by atoms with E-state index in [1.54, 1.807) is 12.3 Å². The van der Waals surface area contributed by atoms with Crippen LogP contribution in [-0.2, 0) is 13.0 Å². The average Bonchev–Trinajstić information content (AvgIpc) is 2.49. The van der Waals surface area contributed by atoms with Gasteiger partial charge >= 0.3 is 0 Å². The number of halogens is 1. The van der Waals surface area contributed by atoms with E-state index in [2.05, 4.69) is 17.2 Å². The fourth-order valence-electron chi connectivity index (χ4n) is 1.89. The van der Waals surface area contributed by atoms with Crippen LogP contribution >= 0.6 is 0 Å². The molecule has 0 atom stereocenters. The molecule has 1 aromatic heterocycles. The summed E-state index contributed by atoms with van der Waals surface area (Å²) >= 11 is 0. The van der Waals surface area contributed by atoms with E-state index in [-0.39, 0.29) is 5.88 Å². The van der Waals surface area contributed by atoms with Crippen molar-refractivity contribution in [3.63, 3.8) is 0 Å². The van der Waals surface area contributed by atoms with Crippen LogP contribution in [-0.4, -0.2) is 11.0 Å². The molecule has 1 N–H and O–H groups in total. The molecule has 0 spiro atoms. The molecule has 0 aliphatic heterocycles. The van der Waals surface area contributed by atoms with E-state index in [1.807, 2.05) is 38.1 Å². The highest BCUT2D eigenvalue weighted by Crippen LogP contribution is 2.24. The van der Waals surface area contributed by atoms with Crippen molar-refractivity contribution in [2.24, 2.45) is 0 Å². The van der Waals surface area contributed by atoms with Crippen LogP contribution in [0.15, 0.2) is 36.5 Å². The van der Waals surface area contributed by atoms with Crippen LogP contribution < -0.4 is 10.1 Å². The van der Waals surface area contributed by atoms with Gasteiger partial charge in [0.2, 0.25) is 0 Å². The molecule has 0 saturated heterocycles. The van der Waals surface area contributed by atoms with Gasteiger partial charge in [0.1, 0.15) is 5.75 Å². The molecule has 4 heteroatoms. The van der Waals surface area contributed by atoms with E-state index in [9.17, 15) is 4.39 Å². The van der Waals surface area contributed by atoms with Gasteiger partial charge in [0.05, 0.1) is 0 Å². The van der Waals surface area contributed by atoms with Gasteiger partial charge in [-0.3, -0.25) is 0 Å². The number of hydrogen-bond donors (Lipinski definition) is 1. The number of hydrogen-bond acceptors (Lipinski definition) is 3. The predicted octanol–water partition coefficient (Wildman–Crippen LogP) is 4.07. The summed E-state index contributed by atoms with van der Waals surface area (Å²) in [4.78, 5) is 3.98. The number of aromatic nitrogens is 1. The molecular formula is C17H21FN2O. The van der Waals surface area contributed by atoms with E-state index >= 15 is 0 Å². The Morgan fingerprint density at radius 2 is 1.90 bits per heavy atom. The minimum Gasteiger partial charge on any atom is -0.436 e. The first-order chi connectivity index (χ1) is 10.1. The molecule has 0 radical (unpaired) electrons. The maximum absolute atomic E-state index is 14.3. The lowest BCUT2D eigenvalue weighted by Gasteiger charge is -2.11. The van der Waals surface area contributed by atoms with Crippen molar-refractivity contribution in [2.45, 2.75) is 39.8 Å². The third kappa shape index (κ3) is 4.26. The Bertz CT molecular complexity index is 582. The Morgan fingerprint density at radius 3 is 2.52 bits per heavy atom. The van der Waals surface area contributed by atoms with Crippen molar-refractivity contribution in [1.29, 1.82) is 0 Å². The highest BCUT2D eigenvalue weighted by atomic mass is 19.1. The van der Waals surface area contributed by atoms with Gasteiger partial charge in [0, 0.05) is 24.3 Å². The molecule has 2 aromatic rings. The molecular weight excluding hydrogens is 267 g/mol. The summed E-state index contributed by atoms with van der Waals surface area (Å²) in [6.07, 6.45) is 2.53. The van der Waals surface area contributed by atoms with Gasteiger partial charge in [-0.1, -0.05) is 32.9 Å². The van der Waals surface area contributed by atoms with Crippen molar-refractivity contribution < 1.29 is 9.13 Å². The highest BCUT2D eigenvalue weighted by Gasteiger charge is 2.12. The fraction of sp³-hybridized carbons (Fsp3) is 0.353. The SMILES string of the molecule is CCc1ccc(Oc2nccc(CNC(C)C)c2F)cc1. The zero-order valence-electron chi connectivity index (χ0n) is 12.7. The standard InChI is InChI=1S/C17H21FN2O/c1-4-13-5-7-15(8-6-13)21-17-16(18)14(9-10-19-17)11-20-12(2)3/h5-10,12,20H,4,11H2,1-3H3. The molecule has 0 aliphatic carbocycles. The monoisotopic (exact) mass is 288 g/mol. The maximum atomic E-state index is 14.3. The van der Waals surface area contributed by atoms with Gasteiger partial charge in [-0.25, -0.2) is 9.37 Å². The van der Waals surface area contributed by atoms with Crippen LogP contribution in [0.3, 0.4) is 0 Å². The second-order valence-corrected chi connectivity index (χ2v) is 5.22. The van der Waals surface area contributed by atoms with Crippen LogP contribution in [0, 0.1) is 5.82 Å². The molecule has 3 nitrogen and oxygen atoms in total. The Hall–Kier alpha value is -1.94. The van der Waals surface area contributed by atoms with Gasteiger partial charge in [-0.2, -0.15) is 0 Å². The quantitative estimate of drug-likeness (QED) is 0.870. The van der Waals surface area contributed by atoms with Gasteiger partial charge in [-0.05, 0) is 30.2 Å². The molecule has 1 heterocycles. The molecule has 0 saturated carbocycles. The van der Waals surface area contributed by atoms with Crippen molar-refractivity contribution in [3.8, 4) is 11.6 Å². The van der Waals surface area contributed by atoms with E-state index in [0.29, 0.717) is 23.9 Å². The minimum absolute atomic E-state index is 0.0160. The second kappa shape index (κ2) is 7.18. The summed E-state index contributed by atoms with van der Waals surface area (Å²) in [6.45, 7) is 6.58. The molecule has 1 aromatic carbocycles. The zero-order valence-corrected chi connectivity index (χ0v) is 12.7. The average molecular weight is 288 g/mol. The van der Waals surface area contributed by atoms with Crippen LogP contribution in [0.25, 0.3) is 0 Å². The summed E-state index contributed by atoms with van der Waals surface area (Å²) in [6, 6.07) is 9.56. The summed E-state index contributed by atoms with van der Waals surface area (Å²) in [5, 5.41) is 3.19.